The first-order chi connectivity index (χ1) is 8.40. The van der Waals surface area contributed by atoms with Crippen molar-refractivity contribution in [1.29, 1.82) is 0 Å². The van der Waals surface area contributed by atoms with E-state index in [-0.39, 0.29) is 18.2 Å². The fourth-order valence-corrected chi connectivity index (χ4v) is 1.22. The lowest BCUT2D eigenvalue weighted by molar-refractivity contribution is -0.274. The topological polar surface area (TPSA) is 50.4 Å². The van der Waals surface area contributed by atoms with Crippen molar-refractivity contribution in [2.45, 2.75) is 13.3 Å². The summed E-state index contributed by atoms with van der Waals surface area (Å²) in [5, 5.41) is 5.35. The zero-order valence-corrected chi connectivity index (χ0v) is 9.67. The predicted octanol–water partition coefficient (Wildman–Crippen LogP) is 2.13. The molecular formula is C11H13F3N2O2. The van der Waals surface area contributed by atoms with Crippen molar-refractivity contribution < 1.29 is 22.7 Å². The Balaban J connectivity index is 2.48. The third-order valence-electron chi connectivity index (χ3n) is 1.91. The first-order valence-corrected chi connectivity index (χ1v) is 5.27. The Morgan fingerprint density at radius 2 is 1.89 bits per heavy atom. The summed E-state index contributed by atoms with van der Waals surface area (Å²) in [7, 11) is 0. The Kier molecular flexibility index (Phi) is 4.82. The van der Waals surface area contributed by atoms with E-state index in [4.69, 9.17) is 0 Å². The summed E-state index contributed by atoms with van der Waals surface area (Å²) in [6.07, 6.45) is -4.70. The predicted molar refractivity (Wildman–Crippen MR) is 60.3 cm³/mol. The number of carbonyl (C=O) groups excluding carboxylic acids is 1. The lowest BCUT2D eigenvalue weighted by atomic mass is 10.3. The molecule has 0 radical (unpaired) electrons. The van der Waals surface area contributed by atoms with Gasteiger partial charge in [0.1, 0.15) is 5.75 Å². The smallest absolute Gasteiger partial charge is 0.406 e. The third-order valence-corrected chi connectivity index (χ3v) is 1.91. The average molecular weight is 262 g/mol. The molecule has 0 saturated carbocycles. The number of halogens is 3. The second-order valence-electron chi connectivity index (χ2n) is 3.38. The molecule has 1 aromatic carbocycles. The molecule has 0 aliphatic rings. The number of alkyl halides is 3. The molecule has 7 heteroatoms. The summed E-state index contributed by atoms with van der Waals surface area (Å²) in [6.45, 7) is 2.38. The number of benzene rings is 1. The van der Waals surface area contributed by atoms with E-state index >= 15 is 0 Å². The van der Waals surface area contributed by atoms with Gasteiger partial charge in [-0.25, -0.2) is 0 Å². The summed E-state index contributed by atoms with van der Waals surface area (Å²) >= 11 is 0. The van der Waals surface area contributed by atoms with Crippen LogP contribution in [0.5, 0.6) is 5.75 Å². The molecule has 2 N–H and O–H groups in total. The van der Waals surface area contributed by atoms with Crippen molar-refractivity contribution in [1.82, 2.24) is 5.32 Å². The SMILES string of the molecule is CCNC(=O)CNc1ccc(OC(F)(F)F)cc1. The molecule has 1 rings (SSSR count). The highest BCUT2D eigenvalue weighted by Crippen LogP contribution is 2.23. The Morgan fingerprint density at radius 1 is 1.28 bits per heavy atom. The molecule has 1 aromatic rings. The van der Waals surface area contributed by atoms with Gasteiger partial charge in [-0.15, -0.1) is 13.2 Å². The Hall–Kier alpha value is -1.92. The quantitative estimate of drug-likeness (QED) is 0.854. The minimum Gasteiger partial charge on any atom is -0.406 e. The zero-order chi connectivity index (χ0) is 13.6. The van der Waals surface area contributed by atoms with Crippen LogP contribution in [-0.2, 0) is 4.79 Å². The van der Waals surface area contributed by atoms with Gasteiger partial charge in [-0.3, -0.25) is 4.79 Å². The van der Waals surface area contributed by atoms with Crippen LogP contribution in [0.25, 0.3) is 0 Å². The summed E-state index contributed by atoms with van der Waals surface area (Å²) in [6, 6.07) is 5.15. The zero-order valence-electron chi connectivity index (χ0n) is 9.67. The summed E-state index contributed by atoms with van der Waals surface area (Å²) < 4.78 is 39.4. The highest BCUT2D eigenvalue weighted by molar-refractivity contribution is 5.80. The van der Waals surface area contributed by atoms with E-state index < -0.39 is 6.36 Å². The van der Waals surface area contributed by atoms with E-state index in [0.717, 1.165) is 0 Å². The van der Waals surface area contributed by atoms with Crippen LogP contribution >= 0.6 is 0 Å². The van der Waals surface area contributed by atoms with Crippen molar-refractivity contribution in [3.63, 3.8) is 0 Å². The van der Waals surface area contributed by atoms with Crippen molar-refractivity contribution in [2.24, 2.45) is 0 Å². The fraction of sp³-hybridized carbons (Fsp3) is 0.364. The number of ether oxygens (including phenoxy) is 1. The van der Waals surface area contributed by atoms with Gasteiger partial charge in [-0.1, -0.05) is 0 Å². The molecule has 0 aliphatic carbocycles. The van der Waals surface area contributed by atoms with Crippen LogP contribution in [0.3, 0.4) is 0 Å². The van der Waals surface area contributed by atoms with Crippen LogP contribution in [0.15, 0.2) is 24.3 Å². The summed E-state index contributed by atoms with van der Waals surface area (Å²) in [5.74, 6) is -0.487. The minimum absolute atomic E-state index is 0.0628. The maximum atomic E-state index is 11.9. The molecule has 0 atom stereocenters. The van der Waals surface area contributed by atoms with Gasteiger partial charge in [0.05, 0.1) is 6.54 Å². The maximum Gasteiger partial charge on any atom is 0.573 e. The minimum atomic E-state index is -4.70. The van der Waals surface area contributed by atoms with E-state index in [1.807, 2.05) is 0 Å². The van der Waals surface area contributed by atoms with Gasteiger partial charge in [-0.05, 0) is 31.2 Å². The average Bonchev–Trinajstić information content (AvgIpc) is 2.26. The van der Waals surface area contributed by atoms with Gasteiger partial charge in [-0.2, -0.15) is 0 Å². The number of carbonyl (C=O) groups is 1. The normalized spacial score (nSPS) is 10.9. The Morgan fingerprint density at radius 3 is 2.39 bits per heavy atom. The van der Waals surface area contributed by atoms with Crippen molar-refractivity contribution in [3.8, 4) is 5.75 Å². The van der Waals surface area contributed by atoms with Crippen molar-refractivity contribution >= 4 is 11.6 Å². The first-order valence-electron chi connectivity index (χ1n) is 5.27. The van der Waals surface area contributed by atoms with Crippen molar-refractivity contribution in [2.75, 3.05) is 18.4 Å². The number of rotatable bonds is 5. The lowest BCUT2D eigenvalue weighted by Crippen LogP contribution is -2.29. The van der Waals surface area contributed by atoms with Crippen LogP contribution in [0.4, 0.5) is 18.9 Å². The third kappa shape index (κ3) is 5.42. The van der Waals surface area contributed by atoms with Crippen LogP contribution < -0.4 is 15.4 Å². The van der Waals surface area contributed by atoms with Gasteiger partial charge < -0.3 is 15.4 Å². The molecule has 18 heavy (non-hydrogen) atoms. The summed E-state index contributed by atoms with van der Waals surface area (Å²) in [5.41, 5.74) is 0.538. The van der Waals surface area contributed by atoms with Gasteiger partial charge >= 0.3 is 6.36 Å². The van der Waals surface area contributed by atoms with Crippen LogP contribution in [0.2, 0.25) is 0 Å². The van der Waals surface area contributed by atoms with Gasteiger partial charge in [0.2, 0.25) is 5.91 Å². The Labute approximate surface area is 102 Å². The van der Waals surface area contributed by atoms with Crippen LogP contribution in [-0.4, -0.2) is 25.4 Å². The molecule has 0 aromatic heterocycles. The second kappa shape index (κ2) is 6.13. The number of amides is 1. The molecule has 0 fully saturated rings. The number of anilines is 1. The molecule has 0 saturated heterocycles. The fourth-order valence-electron chi connectivity index (χ4n) is 1.22. The van der Waals surface area contributed by atoms with Gasteiger partial charge in [0.15, 0.2) is 0 Å². The molecule has 0 heterocycles. The molecule has 0 aliphatic heterocycles. The standard InChI is InChI=1S/C11H13F3N2O2/c1-2-15-10(17)7-16-8-3-5-9(6-4-8)18-11(12,13)14/h3-6,16H,2,7H2,1H3,(H,15,17). The highest BCUT2D eigenvalue weighted by atomic mass is 19.4. The van der Waals surface area contributed by atoms with E-state index in [2.05, 4.69) is 15.4 Å². The van der Waals surface area contributed by atoms with E-state index in [1.165, 1.54) is 24.3 Å². The number of hydrogen-bond acceptors (Lipinski definition) is 3. The largest absolute Gasteiger partial charge is 0.573 e. The highest BCUT2D eigenvalue weighted by Gasteiger charge is 2.30. The molecule has 1 amide bonds. The monoisotopic (exact) mass is 262 g/mol. The molecule has 0 bridgehead atoms. The first kappa shape index (κ1) is 14.1. The van der Waals surface area contributed by atoms with E-state index in [0.29, 0.717) is 12.2 Å². The van der Waals surface area contributed by atoms with Crippen LogP contribution in [0.1, 0.15) is 6.92 Å². The number of hydrogen-bond donors (Lipinski definition) is 2. The molecule has 100 valence electrons. The molecule has 4 nitrogen and oxygen atoms in total. The molecular weight excluding hydrogens is 249 g/mol. The van der Waals surface area contributed by atoms with Gasteiger partial charge in [0, 0.05) is 12.2 Å². The second-order valence-corrected chi connectivity index (χ2v) is 3.38. The van der Waals surface area contributed by atoms with Crippen LogP contribution in [0, 0.1) is 0 Å². The van der Waals surface area contributed by atoms with Gasteiger partial charge in [0.25, 0.3) is 0 Å². The number of likely N-dealkylation sites (N-methyl/N-ethyl adjacent to an activating group) is 1. The Bertz CT molecular complexity index is 390. The maximum absolute atomic E-state index is 11.9. The molecule has 0 spiro atoms. The number of nitrogens with one attached hydrogen (secondary N) is 2. The van der Waals surface area contributed by atoms with E-state index in [1.54, 1.807) is 6.92 Å². The van der Waals surface area contributed by atoms with E-state index in [9.17, 15) is 18.0 Å². The lowest BCUT2D eigenvalue weighted by Gasteiger charge is -2.10. The summed E-state index contributed by atoms with van der Waals surface area (Å²) in [4.78, 5) is 11.1. The van der Waals surface area contributed by atoms with Crippen molar-refractivity contribution in [3.05, 3.63) is 24.3 Å². The molecule has 0 unspecified atom stereocenters.